The minimum atomic E-state index is 0.511. The number of hydrogen-bond donors (Lipinski definition) is 0. The zero-order chi connectivity index (χ0) is 14.8. The van der Waals surface area contributed by atoms with Crippen LogP contribution in [0.4, 0.5) is 0 Å². The lowest BCUT2D eigenvalue weighted by Crippen LogP contribution is -2.03. The van der Waals surface area contributed by atoms with Crippen molar-refractivity contribution in [2.45, 2.75) is 52.4 Å². The van der Waals surface area contributed by atoms with Crippen LogP contribution >= 0.6 is 0 Å². The van der Waals surface area contributed by atoms with E-state index in [1.54, 1.807) is 0 Å². The van der Waals surface area contributed by atoms with E-state index >= 15 is 0 Å². The maximum Gasteiger partial charge on any atom is 0.161 e. The predicted octanol–water partition coefficient (Wildman–Crippen LogP) is 5.33. The van der Waals surface area contributed by atoms with Crippen LogP contribution < -0.4 is 9.47 Å². The highest BCUT2D eigenvalue weighted by Gasteiger charge is 2.12. The van der Waals surface area contributed by atoms with E-state index in [0.29, 0.717) is 5.92 Å². The second-order valence-corrected chi connectivity index (χ2v) is 5.03. The standard InChI is InChI=1S/C18H28O2/c1-5-9-15(8-4)16-10-11-17(19-12-6-2)18(14-16)20-13-7-3/h5,10-11,14-15H,1,6-9,12-13H2,2-4H3. The molecule has 0 aliphatic rings. The Morgan fingerprint density at radius 3 is 2.25 bits per heavy atom. The molecule has 0 spiro atoms. The van der Waals surface area contributed by atoms with Crippen molar-refractivity contribution in [3.8, 4) is 11.5 Å². The third-order valence-electron chi connectivity index (χ3n) is 3.31. The van der Waals surface area contributed by atoms with Gasteiger partial charge in [0, 0.05) is 0 Å². The zero-order valence-electron chi connectivity index (χ0n) is 13.2. The van der Waals surface area contributed by atoms with E-state index in [1.807, 2.05) is 12.1 Å². The summed E-state index contributed by atoms with van der Waals surface area (Å²) in [6, 6.07) is 6.33. The van der Waals surface area contributed by atoms with Crippen LogP contribution in [0.25, 0.3) is 0 Å². The fourth-order valence-corrected chi connectivity index (χ4v) is 2.17. The van der Waals surface area contributed by atoms with Crippen LogP contribution in [-0.2, 0) is 0 Å². The fourth-order valence-electron chi connectivity index (χ4n) is 2.17. The first-order valence-corrected chi connectivity index (χ1v) is 7.77. The average molecular weight is 276 g/mol. The predicted molar refractivity (Wildman–Crippen MR) is 85.9 cm³/mol. The molecule has 2 heteroatoms. The molecule has 0 radical (unpaired) electrons. The minimum absolute atomic E-state index is 0.511. The molecule has 1 unspecified atom stereocenters. The molecule has 20 heavy (non-hydrogen) atoms. The zero-order valence-corrected chi connectivity index (χ0v) is 13.2. The lowest BCUT2D eigenvalue weighted by Gasteiger charge is -2.17. The maximum atomic E-state index is 5.85. The van der Waals surface area contributed by atoms with E-state index in [4.69, 9.17) is 9.47 Å². The van der Waals surface area contributed by atoms with E-state index < -0.39 is 0 Å². The van der Waals surface area contributed by atoms with Gasteiger partial charge in [-0.3, -0.25) is 0 Å². The Hall–Kier alpha value is -1.44. The Balaban J connectivity index is 2.95. The van der Waals surface area contributed by atoms with Crippen molar-refractivity contribution in [3.05, 3.63) is 36.4 Å². The van der Waals surface area contributed by atoms with E-state index in [2.05, 4.69) is 39.5 Å². The molecule has 0 fully saturated rings. The Morgan fingerprint density at radius 1 is 1.05 bits per heavy atom. The van der Waals surface area contributed by atoms with Crippen LogP contribution in [0.2, 0.25) is 0 Å². The highest BCUT2D eigenvalue weighted by atomic mass is 16.5. The summed E-state index contributed by atoms with van der Waals surface area (Å²) >= 11 is 0. The quantitative estimate of drug-likeness (QED) is 0.537. The number of rotatable bonds is 10. The first kappa shape index (κ1) is 16.6. The summed E-state index contributed by atoms with van der Waals surface area (Å²) < 4.78 is 11.6. The number of hydrogen-bond acceptors (Lipinski definition) is 2. The lowest BCUT2D eigenvalue weighted by molar-refractivity contribution is 0.268. The summed E-state index contributed by atoms with van der Waals surface area (Å²) in [6.45, 7) is 11.7. The van der Waals surface area contributed by atoms with Crippen LogP contribution in [0, 0.1) is 0 Å². The van der Waals surface area contributed by atoms with Crippen molar-refractivity contribution in [1.82, 2.24) is 0 Å². The van der Waals surface area contributed by atoms with Gasteiger partial charge in [-0.25, -0.2) is 0 Å². The van der Waals surface area contributed by atoms with Gasteiger partial charge in [-0.2, -0.15) is 0 Å². The Kier molecular flexibility index (Phi) is 7.86. The van der Waals surface area contributed by atoms with E-state index in [0.717, 1.165) is 50.4 Å². The summed E-state index contributed by atoms with van der Waals surface area (Å²) in [6.07, 6.45) is 6.10. The average Bonchev–Trinajstić information content (AvgIpc) is 2.49. The Labute approximate surface area is 123 Å². The van der Waals surface area contributed by atoms with Gasteiger partial charge in [-0.15, -0.1) is 6.58 Å². The number of benzene rings is 1. The first-order valence-electron chi connectivity index (χ1n) is 7.77. The van der Waals surface area contributed by atoms with Crippen LogP contribution in [0.1, 0.15) is 57.9 Å². The lowest BCUT2D eigenvalue weighted by atomic mass is 9.93. The molecule has 0 saturated carbocycles. The molecular formula is C18H28O2. The third-order valence-corrected chi connectivity index (χ3v) is 3.31. The second-order valence-electron chi connectivity index (χ2n) is 5.03. The van der Waals surface area contributed by atoms with E-state index in [9.17, 15) is 0 Å². The van der Waals surface area contributed by atoms with E-state index in [-0.39, 0.29) is 0 Å². The highest BCUT2D eigenvalue weighted by molar-refractivity contribution is 5.44. The van der Waals surface area contributed by atoms with Gasteiger partial charge in [0.1, 0.15) is 0 Å². The van der Waals surface area contributed by atoms with Crippen LogP contribution in [0.5, 0.6) is 11.5 Å². The third kappa shape index (κ3) is 4.92. The molecule has 0 heterocycles. The molecule has 112 valence electrons. The molecule has 1 aromatic carbocycles. The topological polar surface area (TPSA) is 18.5 Å². The molecule has 1 atom stereocenters. The van der Waals surface area contributed by atoms with Crippen molar-refractivity contribution in [2.24, 2.45) is 0 Å². The fraction of sp³-hybridized carbons (Fsp3) is 0.556. The summed E-state index contributed by atoms with van der Waals surface area (Å²) in [4.78, 5) is 0. The van der Waals surface area contributed by atoms with Gasteiger partial charge in [0.05, 0.1) is 13.2 Å². The van der Waals surface area contributed by atoms with Gasteiger partial charge in [0.2, 0.25) is 0 Å². The monoisotopic (exact) mass is 276 g/mol. The largest absolute Gasteiger partial charge is 0.490 e. The summed E-state index contributed by atoms with van der Waals surface area (Å²) in [5.74, 6) is 2.24. The van der Waals surface area contributed by atoms with Crippen LogP contribution in [0.3, 0.4) is 0 Å². The molecule has 0 aromatic heterocycles. The van der Waals surface area contributed by atoms with Crippen molar-refractivity contribution >= 4 is 0 Å². The van der Waals surface area contributed by atoms with Crippen LogP contribution in [-0.4, -0.2) is 13.2 Å². The van der Waals surface area contributed by atoms with Crippen molar-refractivity contribution < 1.29 is 9.47 Å². The van der Waals surface area contributed by atoms with Gasteiger partial charge in [0.15, 0.2) is 11.5 Å². The molecule has 1 rings (SSSR count). The number of allylic oxidation sites excluding steroid dienone is 1. The maximum absolute atomic E-state index is 5.85. The van der Waals surface area contributed by atoms with Gasteiger partial charge in [0.25, 0.3) is 0 Å². The van der Waals surface area contributed by atoms with Gasteiger partial charge < -0.3 is 9.47 Å². The van der Waals surface area contributed by atoms with E-state index in [1.165, 1.54) is 5.56 Å². The number of ether oxygens (including phenoxy) is 2. The van der Waals surface area contributed by atoms with Gasteiger partial charge in [-0.1, -0.05) is 32.9 Å². The summed E-state index contributed by atoms with van der Waals surface area (Å²) in [5, 5.41) is 0. The minimum Gasteiger partial charge on any atom is -0.490 e. The normalized spacial score (nSPS) is 11.9. The van der Waals surface area contributed by atoms with Crippen LogP contribution in [0.15, 0.2) is 30.9 Å². The van der Waals surface area contributed by atoms with Gasteiger partial charge in [-0.05, 0) is 49.3 Å². The molecule has 0 N–H and O–H groups in total. The Bertz CT molecular complexity index is 398. The molecule has 0 saturated heterocycles. The first-order chi connectivity index (χ1) is 9.76. The molecule has 1 aromatic rings. The summed E-state index contributed by atoms with van der Waals surface area (Å²) in [7, 11) is 0. The molecule has 0 bridgehead atoms. The molecule has 0 amide bonds. The highest BCUT2D eigenvalue weighted by Crippen LogP contribution is 2.33. The SMILES string of the molecule is C=CCC(CC)c1ccc(OCCC)c(OCCC)c1. The smallest absolute Gasteiger partial charge is 0.161 e. The Morgan fingerprint density at radius 2 is 1.70 bits per heavy atom. The van der Waals surface area contributed by atoms with Gasteiger partial charge >= 0.3 is 0 Å². The summed E-state index contributed by atoms with van der Waals surface area (Å²) in [5.41, 5.74) is 1.31. The molecule has 0 aliphatic heterocycles. The molecule has 0 aliphatic carbocycles. The van der Waals surface area contributed by atoms with Crippen molar-refractivity contribution in [2.75, 3.05) is 13.2 Å². The molecular weight excluding hydrogens is 248 g/mol. The van der Waals surface area contributed by atoms with Crippen molar-refractivity contribution in [1.29, 1.82) is 0 Å². The second kappa shape index (κ2) is 9.46. The molecule has 2 nitrogen and oxygen atoms in total. The van der Waals surface area contributed by atoms with Crippen molar-refractivity contribution in [3.63, 3.8) is 0 Å².